The molecule has 0 bridgehead atoms. The second kappa shape index (κ2) is 7.54. The molecule has 2 fully saturated rings. The van der Waals surface area contributed by atoms with Crippen molar-refractivity contribution in [2.24, 2.45) is 5.73 Å². The van der Waals surface area contributed by atoms with Crippen LogP contribution in [0.5, 0.6) is 0 Å². The number of nitrogens with two attached hydrogens (primary N) is 1. The summed E-state index contributed by atoms with van der Waals surface area (Å²) in [6, 6.07) is 8.40. The summed E-state index contributed by atoms with van der Waals surface area (Å²) in [5.74, 6) is 0.0481. The van der Waals surface area contributed by atoms with E-state index in [1.54, 1.807) is 0 Å². The summed E-state index contributed by atoms with van der Waals surface area (Å²) < 4.78 is 0.998. The van der Waals surface area contributed by atoms with Gasteiger partial charge in [0.2, 0.25) is 5.91 Å². The number of carbonyl (C=O) groups excluding carboxylic acids is 1. The molecular formula is C19H28BrN3O. The molecule has 24 heavy (non-hydrogen) atoms. The van der Waals surface area contributed by atoms with E-state index in [2.05, 4.69) is 20.8 Å². The van der Waals surface area contributed by atoms with E-state index >= 15 is 0 Å². The summed E-state index contributed by atoms with van der Waals surface area (Å²) in [5.41, 5.74) is 6.36. The third-order valence-corrected chi connectivity index (χ3v) is 6.06. The highest BCUT2D eigenvalue weighted by Gasteiger charge is 2.36. The second-order valence-electron chi connectivity index (χ2n) is 7.33. The Kier molecular flexibility index (Phi) is 5.63. The molecule has 0 saturated carbocycles. The number of halogens is 1. The minimum Gasteiger partial charge on any atom is -0.341 e. The number of hydrogen-bond donors (Lipinski definition) is 1. The zero-order valence-corrected chi connectivity index (χ0v) is 16.1. The average molecular weight is 394 g/mol. The number of rotatable bonds is 3. The lowest BCUT2D eigenvalue weighted by molar-refractivity contribution is -0.136. The summed E-state index contributed by atoms with van der Waals surface area (Å²) in [6.45, 7) is 5.94. The maximum Gasteiger partial charge on any atom is 0.246 e. The quantitative estimate of drug-likeness (QED) is 0.857. The van der Waals surface area contributed by atoms with Crippen molar-refractivity contribution in [2.45, 2.75) is 50.6 Å². The smallest absolute Gasteiger partial charge is 0.246 e. The van der Waals surface area contributed by atoms with Gasteiger partial charge in [-0.15, -0.1) is 0 Å². The van der Waals surface area contributed by atoms with Gasteiger partial charge in [0.1, 0.15) is 5.54 Å². The van der Waals surface area contributed by atoms with Crippen LogP contribution < -0.4 is 5.73 Å². The standard InChI is InChI=1S/C19H28BrN3O/c1-19(21,15-6-8-16(20)9-7-15)18(24)23-13-4-5-17(10-14-23)22-11-2-3-12-22/h6-9,17H,2-5,10-14,21H2,1H3. The van der Waals surface area contributed by atoms with Crippen LogP contribution in [0, 0.1) is 0 Å². The summed E-state index contributed by atoms with van der Waals surface area (Å²) in [4.78, 5) is 17.7. The van der Waals surface area contributed by atoms with Gasteiger partial charge in [-0.25, -0.2) is 0 Å². The Balaban J connectivity index is 1.66. The zero-order valence-electron chi connectivity index (χ0n) is 14.5. The molecule has 0 aliphatic carbocycles. The highest BCUT2D eigenvalue weighted by Crippen LogP contribution is 2.26. The van der Waals surface area contributed by atoms with Crippen molar-refractivity contribution in [2.75, 3.05) is 26.2 Å². The molecule has 0 aromatic heterocycles. The van der Waals surface area contributed by atoms with Gasteiger partial charge < -0.3 is 15.5 Å². The van der Waals surface area contributed by atoms with Crippen LogP contribution in [0.4, 0.5) is 0 Å². The number of nitrogens with zero attached hydrogens (tertiary/aromatic N) is 2. The van der Waals surface area contributed by atoms with Crippen molar-refractivity contribution in [1.29, 1.82) is 0 Å². The number of likely N-dealkylation sites (tertiary alicyclic amines) is 2. The average Bonchev–Trinajstić information content (AvgIpc) is 2.99. The van der Waals surface area contributed by atoms with Crippen LogP contribution in [0.3, 0.4) is 0 Å². The van der Waals surface area contributed by atoms with Crippen molar-refractivity contribution < 1.29 is 4.79 Å². The Bertz CT molecular complexity index is 566. The molecule has 2 aliphatic heterocycles. The van der Waals surface area contributed by atoms with Gasteiger partial charge in [-0.3, -0.25) is 4.79 Å². The lowest BCUT2D eigenvalue weighted by atomic mass is 9.91. The van der Waals surface area contributed by atoms with Crippen LogP contribution in [0.15, 0.2) is 28.7 Å². The van der Waals surface area contributed by atoms with Crippen LogP contribution in [0.2, 0.25) is 0 Å². The SMILES string of the molecule is CC(N)(C(=O)N1CCCC(N2CCCC2)CC1)c1ccc(Br)cc1. The van der Waals surface area contributed by atoms with Crippen molar-refractivity contribution in [3.8, 4) is 0 Å². The van der Waals surface area contributed by atoms with Gasteiger partial charge >= 0.3 is 0 Å². The Morgan fingerprint density at radius 1 is 1.08 bits per heavy atom. The fourth-order valence-corrected chi connectivity index (χ4v) is 4.27. The molecule has 132 valence electrons. The van der Waals surface area contributed by atoms with E-state index in [4.69, 9.17) is 5.73 Å². The third-order valence-electron chi connectivity index (χ3n) is 5.53. The second-order valence-corrected chi connectivity index (χ2v) is 8.24. The molecule has 0 spiro atoms. The summed E-state index contributed by atoms with van der Waals surface area (Å²) in [7, 11) is 0. The minimum absolute atomic E-state index is 0.0481. The van der Waals surface area contributed by atoms with Gasteiger partial charge in [-0.05, 0) is 69.8 Å². The zero-order chi connectivity index (χ0) is 17.2. The summed E-state index contributed by atoms with van der Waals surface area (Å²) in [5, 5.41) is 0. The molecule has 2 N–H and O–H groups in total. The summed E-state index contributed by atoms with van der Waals surface area (Å²) >= 11 is 3.43. The molecule has 5 heteroatoms. The number of benzene rings is 1. The first-order valence-electron chi connectivity index (χ1n) is 9.07. The highest BCUT2D eigenvalue weighted by molar-refractivity contribution is 9.10. The van der Waals surface area contributed by atoms with Crippen molar-refractivity contribution in [3.63, 3.8) is 0 Å². The Morgan fingerprint density at radius 3 is 2.42 bits per heavy atom. The lowest BCUT2D eigenvalue weighted by Gasteiger charge is -2.32. The molecule has 2 atom stereocenters. The maximum absolute atomic E-state index is 13.1. The van der Waals surface area contributed by atoms with Crippen molar-refractivity contribution >= 4 is 21.8 Å². The fraction of sp³-hybridized carbons (Fsp3) is 0.632. The van der Waals surface area contributed by atoms with Gasteiger partial charge in [0.15, 0.2) is 0 Å². The van der Waals surface area contributed by atoms with Crippen LogP contribution >= 0.6 is 15.9 Å². The van der Waals surface area contributed by atoms with Crippen LogP contribution in [0.1, 0.15) is 44.6 Å². The minimum atomic E-state index is -0.964. The van der Waals surface area contributed by atoms with Crippen molar-refractivity contribution in [1.82, 2.24) is 9.80 Å². The van der Waals surface area contributed by atoms with E-state index < -0.39 is 5.54 Å². The molecule has 0 radical (unpaired) electrons. The molecule has 2 unspecified atom stereocenters. The lowest BCUT2D eigenvalue weighted by Crippen LogP contribution is -2.51. The topological polar surface area (TPSA) is 49.6 Å². The molecule has 1 aromatic carbocycles. The first-order chi connectivity index (χ1) is 11.5. The molecule has 3 rings (SSSR count). The van der Waals surface area contributed by atoms with Gasteiger partial charge in [0.05, 0.1) is 0 Å². The molecular weight excluding hydrogens is 366 g/mol. The first kappa shape index (κ1) is 17.9. The monoisotopic (exact) mass is 393 g/mol. The molecule has 2 aliphatic rings. The highest BCUT2D eigenvalue weighted by atomic mass is 79.9. The van der Waals surface area contributed by atoms with Gasteiger partial charge in [-0.1, -0.05) is 28.1 Å². The van der Waals surface area contributed by atoms with Crippen LogP contribution in [-0.4, -0.2) is 47.9 Å². The molecule has 1 aromatic rings. The predicted molar refractivity (Wildman–Crippen MR) is 101 cm³/mol. The molecule has 2 saturated heterocycles. The van der Waals surface area contributed by atoms with E-state index in [0.717, 1.165) is 36.0 Å². The maximum atomic E-state index is 13.1. The first-order valence-corrected chi connectivity index (χ1v) is 9.86. The third kappa shape index (κ3) is 3.84. The van der Waals surface area contributed by atoms with E-state index in [-0.39, 0.29) is 5.91 Å². The van der Waals surface area contributed by atoms with E-state index in [9.17, 15) is 4.79 Å². The molecule has 1 amide bonds. The Hall–Kier alpha value is -0.910. The predicted octanol–water partition coefficient (Wildman–Crippen LogP) is 3.10. The summed E-state index contributed by atoms with van der Waals surface area (Å²) in [6.07, 6.45) is 5.99. The molecule has 4 nitrogen and oxygen atoms in total. The van der Waals surface area contributed by atoms with Crippen molar-refractivity contribution in [3.05, 3.63) is 34.3 Å². The molecule has 2 heterocycles. The number of amides is 1. The fourth-order valence-electron chi connectivity index (χ4n) is 4.00. The van der Waals surface area contributed by atoms with Gasteiger partial charge in [0.25, 0.3) is 0 Å². The number of hydrogen-bond acceptors (Lipinski definition) is 3. The largest absolute Gasteiger partial charge is 0.341 e. The normalized spacial score (nSPS) is 25.3. The van der Waals surface area contributed by atoms with Gasteiger partial charge in [0, 0.05) is 23.6 Å². The van der Waals surface area contributed by atoms with Crippen LogP contribution in [0.25, 0.3) is 0 Å². The Labute approximate surface area is 153 Å². The van der Waals surface area contributed by atoms with E-state index in [1.165, 1.54) is 32.4 Å². The Morgan fingerprint density at radius 2 is 1.75 bits per heavy atom. The van der Waals surface area contributed by atoms with E-state index in [0.29, 0.717) is 6.04 Å². The van der Waals surface area contributed by atoms with Crippen LogP contribution in [-0.2, 0) is 10.3 Å². The van der Waals surface area contributed by atoms with Gasteiger partial charge in [-0.2, -0.15) is 0 Å². The van der Waals surface area contributed by atoms with E-state index in [1.807, 2.05) is 36.1 Å². The number of carbonyl (C=O) groups is 1.